The van der Waals surface area contributed by atoms with Gasteiger partial charge in [-0.3, -0.25) is 4.79 Å². The first-order valence-corrected chi connectivity index (χ1v) is 11.4. The molecule has 3 saturated carbocycles. The van der Waals surface area contributed by atoms with Gasteiger partial charge in [-0.05, 0) is 68.1 Å². The molecule has 0 N–H and O–H groups in total. The van der Waals surface area contributed by atoms with E-state index in [0.29, 0.717) is 18.4 Å². The number of fused-ring (bicyclic) bond motifs is 5. The first-order valence-electron chi connectivity index (χ1n) is 11.4. The fourth-order valence-electron chi connectivity index (χ4n) is 8.29. The summed E-state index contributed by atoms with van der Waals surface area (Å²) in [5.74, 6) is 2.71. The summed E-state index contributed by atoms with van der Waals surface area (Å²) >= 11 is 0. The van der Waals surface area contributed by atoms with Crippen molar-refractivity contribution < 1.29 is 14.2 Å². The lowest BCUT2D eigenvalue weighted by atomic mass is 9.47. The van der Waals surface area contributed by atoms with E-state index in [2.05, 4.69) is 20.8 Å². The SMILES string of the molecule is CCCN(C=O)[N+]1(C)C(=O)CC[C@@]2(C)[C@H]1CC[C@H]1[C@@H]3CCC[C@@]3(C)CC[C@@H]12. The highest BCUT2D eigenvalue weighted by atomic mass is 16.2. The maximum Gasteiger partial charge on any atom is 0.338 e. The zero-order valence-electron chi connectivity index (χ0n) is 17.9. The molecule has 4 nitrogen and oxygen atoms in total. The van der Waals surface area contributed by atoms with Crippen LogP contribution in [0.5, 0.6) is 0 Å². The van der Waals surface area contributed by atoms with Gasteiger partial charge in [-0.1, -0.05) is 27.2 Å². The Labute approximate surface area is 165 Å². The van der Waals surface area contributed by atoms with Crippen LogP contribution in [0.2, 0.25) is 0 Å². The molecule has 0 bridgehead atoms. The Hall–Kier alpha value is -0.900. The van der Waals surface area contributed by atoms with E-state index >= 15 is 0 Å². The lowest BCUT2D eigenvalue weighted by Gasteiger charge is -2.63. The van der Waals surface area contributed by atoms with Gasteiger partial charge in [0.15, 0.2) is 0 Å². The van der Waals surface area contributed by atoms with Crippen LogP contribution in [-0.2, 0) is 9.59 Å². The van der Waals surface area contributed by atoms with Gasteiger partial charge in [0.1, 0.15) is 6.04 Å². The highest BCUT2D eigenvalue weighted by Crippen LogP contribution is 2.65. The Bertz CT molecular complexity index is 621. The van der Waals surface area contributed by atoms with Crippen LogP contribution in [0.25, 0.3) is 0 Å². The molecule has 0 aromatic rings. The Kier molecular flexibility index (Phi) is 4.73. The van der Waals surface area contributed by atoms with Gasteiger partial charge in [0, 0.05) is 11.8 Å². The lowest BCUT2D eigenvalue weighted by Crippen LogP contribution is -2.74. The number of nitrogens with zero attached hydrogens (tertiary/aromatic N) is 2. The van der Waals surface area contributed by atoms with Crippen LogP contribution in [0, 0.1) is 28.6 Å². The maximum atomic E-state index is 13.2. The summed E-state index contributed by atoms with van der Waals surface area (Å²) in [6.45, 7) is 7.79. The summed E-state index contributed by atoms with van der Waals surface area (Å²) in [6.07, 6.45) is 12.8. The van der Waals surface area contributed by atoms with Crippen LogP contribution in [0.4, 0.5) is 0 Å². The van der Waals surface area contributed by atoms with E-state index < -0.39 is 0 Å². The predicted molar refractivity (Wildman–Crippen MR) is 106 cm³/mol. The van der Waals surface area contributed by atoms with Crippen molar-refractivity contribution in [1.82, 2.24) is 5.01 Å². The summed E-state index contributed by atoms with van der Waals surface area (Å²) in [5.41, 5.74) is 0.758. The molecule has 1 saturated heterocycles. The Morgan fingerprint density at radius 2 is 1.89 bits per heavy atom. The fourth-order valence-corrected chi connectivity index (χ4v) is 8.29. The van der Waals surface area contributed by atoms with Crippen LogP contribution in [0.1, 0.15) is 85.0 Å². The van der Waals surface area contributed by atoms with E-state index in [1.54, 1.807) is 0 Å². The molecule has 27 heavy (non-hydrogen) atoms. The Morgan fingerprint density at radius 1 is 1.11 bits per heavy atom. The van der Waals surface area contributed by atoms with Gasteiger partial charge < -0.3 is 0 Å². The molecule has 0 aromatic carbocycles. The van der Waals surface area contributed by atoms with E-state index in [-0.39, 0.29) is 22.0 Å². The van der Waals surface area contributed by atoms with E-state index in [4.69, 9.17) is 0 Å². The minimum absolute atomic E-state index is 0.185. The van der Waals surface area contributed by atoms with Crippen molar-refractivity contribution in [2.45, 2.75) is 91.0 Å². The van der Waals surface area contributed by atoms with Gasteiger partial charge in [-0.25, -0.2) is 4.79 Å². The summed E-state index contributed by atoms with van der Waals surface area (Å²) in [6, 6.07) is 0.266. The standard InChI is InChI=1S/C23H39N2O2/c1-5-15-24(16-26)25(4)20-9-8-17-18-7-6-12-22(18,2)13-10-19(17)23(20,3)14-11-21(25)27/h16-20H,5-15H2,1-4H3/q+1/t17-,18-,19-,20+,22-,23+,25?/m0/s1. The van der Waals surface area contributed by atoms with Crippen LogP contribution in [0.15, 0.2) is 0 Å². The van der Waals surface area contributed by atoms with Crippen LogP contribution in [-0.4, -0.2) is 41.6 Å². The third-order valence-corrected chi connectivity index (χ3v) is 9.70. The number of likely N-dealkylation sites (tertiary alicyclic amines) is 1. The molecule has 7 atom stereocenters. The fraction of sp³-hybridized carbons (Fsp3) is 0.913. The molecule has 0 spiro atoms. The van der Waals surface area contributed by atoms with E-state index in [1.165, 1.54) is 38.5 Å². The second-order valence-electron chi connectivity index (χ2n) is 10.7. The molecule has 1 heterocycles. The van der Waals surface area contributed by atoms with Crippen molar-refractivity contribution in [3.05, 3.63) is 0 Å². The molecule has 2 amide bonds. The quantitative estimate of drug-likeness (QED) is 0.534. The summed E-state index contributed by atoms with van der Waals surface area (Å²) in [4.78, 5) is 25.1. The number of hydrogen-bond acceptors (Lipinski definition) is 2. The van der Waals surface area contributed by atoms with Gasteiger partial charge in [0.05, 0.1) is 20.0 Å². The molecule has 4 heteroatoms. The van der Waals surface area contributed by atoms with Gasteiger partial charge in [-0.15, -0.1) is 0 Å². The number of quaternary nitrogens is 1. The molecule has 4 rings (SSSR count). The van der Waals surface area contributed by atoms with Crippen molar-refractivity contribution in [2.75, 3.05) is 13.6 Å². The van der Waals surface area contributed by atoms with Crippen molar-refractivity contribution in [3.8, 4) is 0 Å². The number of carbonyl (C=O) groups excluding carboxylic acids is 2. The predicted octanol–water partition coefficient (Wildman–Crippen LogP) is 4.54. The molecule has 0 radical (unpaired) electrons. The summed E-state index contributed by atoms with van der Waals surface area (Å²) in [7, 11) is 2.04. The molecular formula is C23H39N2O2+. The van der Waals surface area contributed by atoms with Crippen LogP contribution in [0.3, 0.4) is 0 Å². The van der Waals surface area contributed by atoms with Gasteiger partial charge in [0.25, 0.3) is 6.41 Å². The van der Waals surface area contributed by atoms with Gasteiger partial charge in [0.2, 0.25) is 0 Å². The zero-order chi connectivity index (χ0) is 19.4. The van der Waals surface area contributed by atoms with Crippen molar-refractivity contribution in [1.29, 1.82) is 0 Å². The largest absolute Gasteiger partial charge is 0.338 e. The number of piperidine rings is 1. The highest BCUT2D eigenvalue weighted by Gasteiger charge is 2.65. The molecule has 0 aromatic heterocycles. The molecule has 152 valence electrons. The number of hydrogen-bond donors (Lipinski definition) is 0. The third kappa shape index (κ3) is 2.58. The Morgan fingerprint density at radius 3 is 2.59 bits per heavy atom. The molecule has 3 aliphatic carbocycles. The molecule has 4 fully saturated rings. The second-order valence-corrected chi connectivity index (χ2v) is 10.7. The second kappa shape index (κ2) is 6.57. The van der Waals surface area contributed by atoms with E-state index in [9.17, 15) is 9.59 Å². The first kappa shape index (κ1) is 19.4. The number of amides is 2. The van der Waals surface area contributed by atoms with E-state index in [1.807, 2.05) is 12.1 Å². The maximum absolute atomic E-state index is 13.2. The van der Waals surface area contributed by atoms with Gasteiger partial charge in [-0.2, -0.15) is 9.60 Å². The van der Waals surface area contributed by atoms with Crippen molar-refractivity contribution >= 4 is 12.3 Å². The molecule has 1 unspecified atom stereocenters. The van der Waals surface area contributed by atoms with E-state index in [0.717, 1.165) is 43.4 Å². The number of rotatable bonds is 4. The number of carbonyl (C=O) groups is 2. The molecule has 4 aliphatic rings. The third-order valence-electron chi connectivity index (χ3n) is 9.70. The summed E-state index contributed by atoms with van der Waals surface area (Å²) < 4.78 is 0.235. The first-order chi connectivity index (χ1) is 12.8. The molecule has 1 aliphatic heterocycles. The average molecular weight is 376 g/mol. The Balaban J connectivity index is 1.69. The summed E-state index contributed by atoms with van der Waals surface area (Å²) in [5, 5.41) is 1.81. The monoisotopic (exact) mass is 375 g/mol. The molecular weight excluding hydrogens is 336 g/mol. The zero-order valence-corrected chi connectivity index (χ0v) is 17.9. The minimum atomic E-state index is 0.185. The van der Waals surface area contributed by atoms with Gasteiger partial charge >= 0.3 is 5.91 Å². The smallest absolute Gasteiger partial charge is 0.273 e. The highest BCUT2D eigenvalue weighted by molar-refractivity contribution is 5.71. The van der Waals surface area contributed by atoms with Crippen molar-refractivity contribution in [2.24, 2.45) is 28.6 Å². The lowest BCUT2D eigenvalue weighted by molar-refractivity contribution is -0.972. The minimum Gasteiger partial charge on any atom is -0.273 e. The van der Waals surface area contributed by atoms with Crippen molar-refractivity contribution in [3.63, 3.8) is 0 Å². The normalized spacial score (nSPS) is 49.1. The van der Waals surface area contributed by atoms with Crippen LogP contribution < -0.4 is 0 Å². The average Bonchev–Trinajstić information content (AvgIpc) is 3.05. The van der Waals surface area contributed by atoms with Crippen LogP contribution >= 0.6 is 0 Å². The topological polar surface area (TPSA) is 37.4 Å².